The lowest BCUT2D eigenvalue weighted by molar-refractivity contribution is 0.0121. The van der Waals surface area contributed by atoms with Gasteiger partial charge in [0.25, 0.3) is 0 Å². The SMILES string of the molecule is CC[C@H]1CCC2C(CCC3C[C@@H](Cl)CCC32)C1. The second-order valence-corrected chi connectivity index (χ2v) is 7.54. The number of hydrogen-bond donors (Lipinski definition) is 0. The third kappa shape index (κ3) is 2.39. The van der Waals surface area contributed by atoms with Gasteiger partial charge in [0.1, 0.15) is 0 Å². The highest BCUT2D eigenvalue weighted by atomic mass is 35.5. The Hall–Kier alpha value is 0.290. The summed E-state index contributed by atoms with van der Waals surface area (Å²) < 4.78 is 0. The molecule has 0 aromatic carbocycles. The van der Waals surface area contributed by atoms with Gasteiger partial charge >= 0.3 is 0 Å². The van der Waals surface area contributed by atoms with E-state index in [9.17, 15) is 0 Å². The molecule has 3 fully saturated rings. The van der Waals surface area contributed by atoms with Crippen molar-refractivity contribution in [2.75, 3.05) is 0 Å². The van der Waals surface area contributed by atoms with E-state index in [0.29, 0.717) is 5.38 Å². The van der Waals surface area contributed by atoms with Crippen LogP contribution in [-0.2, 0) is 0 Å². The zero-order chi connectivity index (χ0) is 11.8. The van der Waals surface area contributed by atoms with E-state index in [1.165, 1.54) is 51.4 Å². The molecule has 0 amide bonds. The fourth-order valence-corrected chi connectivity index (χ4v) is 5.56. The molecule has 0 radical (unpaired) electrons. The van der Waals surface area contributed by atoms with Crippen LogP contribution in [0.4, 0.5) is 0 Å². The maximum atomic E-state index is 6.36. The van der Waals surface area contributed by atoms with Gasteiger partial charge in [0.05, 0.1) is 0 Å². The standard InChI is InChI=1S/C16H27Cl/c1-2-11-3-7-15-12(9-11)4-5-13-10-14(17)6-8-16(13)15/h11-16H,2-10H2,1H3/t11-,12?,13?,14-,15?,16?/m0/s1. The van der Waals surface area contributed by atoms with Crippen molar-refractivity contribution in [3.05, 3.63) is 0 Å². The first kappa shape index (κ1) is 12.3. The average molecular weight is 255 g/mol. The van der Waals surface area contributed by atoms with Gasteiger partial charge in [-0.05, 0) is 74.5 Å². The van der Waals surface area contributed by atoms with Crippen molar-refractivity contribution in [3.8, 4) is 0 Å². The molecule has 17 heavy (non-hydrogen) atoms. The van der Waals surface area contributed by atoms with Crippen LogP contribution in [0.1, 0.15) is 64.7 Å². The molecule has 0 spiro atoms. The van der Waals surface area contributed by atoms with Crippen molar-refractivity contribution in [3.63, 3.8) is 0 Å². The molecule has 98 valence electrons. The Morgan fingerprint density at radius 1 is 0.824 bits per heavy atom. The summed E-state index contributed by atoms with van der Waals surface area (Å²) in [6.07, 6.45) is 13.1. The summed E-state index contributed by atoms with van der Waals surface area (Å²) in [5.41, 5.74) is 0. The van der Waals surface area contributed by atoms with E-state index < -0.39 is 0 Å². The molecule has 0 N–H and O–H groups in total. The lowest BCUT2D eigenvalue weighted by Gasteiger charge is -2.50. The second-order valence-electron chi connectivity index (χ2n) is 6.92. The molecule has 3 aliphatic rings. The van der Waals surface area contributed by atoms with Crippen LogP contribution in [0.5, 0.6) is 0 Å². The van der Waals surface area contributed by atoms with Crippen LogP contribution >= 0.6 is 11.6 Å². The second kappa shape index (κ2) is 5.11. The van der Waals surface area contributed by atoms with Gasteiger partial charge in [-0.3, -0.25) is 0 Å². The largest absolute Gasteiger partial charge is 0.123 e. The first-order valence-corrected chi connectivity index (χ1v) is 8.35. The molecule has 3 saturated carbocycles. The molecule has 3 rings (SSSR count). The van der Waals surface area contributed by atoms with E-state index in [0.717, 1.165) is 29.6 Å². The van der Waals surface area contributed by atoms with Crippen molar-refractivity contribution >= 4 is 11.6 Å². The first-order chi connectivity index (χ1) is 8.28. The summed E-state index contributed by atoms with van der Waals surface area (Å²) in [5, 5.41) is 0.500. The molecule has 0 aliphatic heterocycles. The van der Waals surface area contributed by atoms with Gasteiger partial charge in [0, 0.05) is 5.38 Å². The summed E-state index contributed by atoms with van der Waals surface area (Å²) in [5.74, 6) is 5.27. The minimum absolute atomic E-state index is 0.500. The van der Waals surface area contributed by atoms with E-state index in [1.54, 1.807) is 6.42 Å². The van der Waals surface area contributed by atoms with E-state index in [4.69, 9.17) is 11.6 Å². The van der Waals surface area contributed by atoms with Crippen molar-refractivity contribution in [1.82, 2.24) is 0 Å². The average Bonchev–Trinajstić information content (AvgIpc) is 2.37. The van der Waals surface area contributed by atoms with Gasteiger partial charge in [-0.25, -0.2) is 0 Å². The number of hydrogen-bond acceptors (Lipinski definition) is 0. The molecule has 0 nitrogen and oxygen atoms in total. The smallest absolute Gasteiger partial charge is 0.0338 e. The highest BCUT2D eigenvalue weighted by Gasteiger charge is 2.43. The molecule has 1 heteroatoms. The molecule has 3 aliphatic carbocycles. The third-order valence-corrected chi connectivity index (χ3v) is 6.56. The molecular weight excluding hydrogens is 228 g/mol. The van der Waals surface area contributed by atoms with Gasteiger partial charge in [0.2, 0.25) is 0 Å². The van der Waals surface area contributed by atoms with Crippen LogP contribution < -0.4 is 0 Å². The first-order valence-electron chi connectivity index (χ1n) is 7.92. The van der Waals surface area contributed by atoms with Crippen LogP contribution in [0.3, 0.4) is 0 Å². The lowest BCUT2D eigenvalue weighted by atomic mass is 9.56. The summed E-state index contributed by atoms with van der Waals surface area (Å²) in [6, 6.07) is 0. The highest BCUT2D eigenvalue weighted by Crippen LogP contribution is 2.53. The van der Waals surface area contributed by atoms with Crippen LogP contribution in [0.25, 0.3) is 0 Å². The third-order valence-electron chi connectivity index (χ3n) is 6.16. The van der Waals surface area contributed by atoms with Crippen molar-refractivity contribution < 1.29 is 0 Å². The Labute approximate surface area is 111 Å². The van der Waals surface area contributed by atoms with Gasteiger partial charge in [-0.15, -0.1) is 11.6 Å². The highest BCUT2D eigenvalue weighted by molar-refractivity contribution is 6.20. The van der Waals surface area contributed by atoms with Gasteiger partial charge in [-0.1, -0.05) is 19.8 Å². The Balaban J connectivity index is 1.67. The molecular formula is C16H27Cl. The minimum Gasteiger partial charge on any atom is -0.123 e. The topological polar surface area (TPSA) is 0 Å². The molecule has 0 aromatic rings. The summed E-state index contributed by atoms with van der Waals surface area (Å²) in [4.78, 5) is 0. The zero-order valence-corrected chi connectivity index (χ0v) is 12.0. The van der Waals surface area contributed by atoms with E-state index in [-0.39, 0.29) is 0 Å². The van der Waals surface area contributed by atoms with Crippen LogP contribution in [0.15, 0.2) is 0 Å². The Bertz CT molecular complexity index is 262. The lowest BCUT2D eigenvalue weighted by Crippen LogP contribution is -2.41. The maximum Gasteiger partial charge on any atom is 0.0338 e. The predicted octanol–water partition coefficient (Wildman–Crippen LogP) is 5.25. The number of alkyl halides is 1. The Morgan fingerprint density at radius 3 is 2.18 bits per heavy atom. The molecule has 0 aromatic heterocycles. The zero-order valence-electron chi connectivity index (χ0n) is 11.2. The monoisotopic (exact) mass is 254 g/mol. The summed E-state index contributed by atoms with van der Waals surface area (Å²) in [7, 11) is 0. The number of fused-ring (bicyclic) bond motifs is 3. The predicted molar refractivity (Wildman–Crippen MR) is 74.3 cm³/mol. The fraction of sp³-hybridized carbons (Fsp3) is 1.00. The summed E-state index contributed by atoms with van der Waals surface area (Å²) >= 11 is 6.36. The normalized spacial score (nSPS) is 50.5. The van der Waals surface area contributed by atoms with Crippen LogP contribution in [-0.4, -0.2) is 5.38 Å². The van der Waals surface area contributed by atoms with Crippen LogP contribution in [0.2, 0.25) is 0 Å². The molecule has 0 heterocycles. The minimum atomic E-state index is 0.500. The van der Waals surface area contributed by atoms with E-state index in [2.05, 4.69) is 6.92 Å². The van der Waals surface area contributed by atoms with Gasteiger partial charge < -0.3 is 0 Å². The van der Waals surface area contributed by atoms with E-state index in [1.807, 2.05) is 0 Å². The van der Waals surface area contributed by atoms with E-state index >= 15 is 0 Å². The molecule has 0 saturated heterocycles. The molecule has 4 unspecified atom stereocenters. The molecule has 0 bridgehead atoms. The van der Waals surface area contributed by atoms with Gasteiger partial charge in [0.15, 0.2) is 0 Å². The maximum absolute atomic E-state index is 6.36. The fourth-order valence-electron chi connectivity index (χ4n) is 5.20. The van der Waals surface area contributed by atoms with Crippen molar-refractivity contribution in [2.45, 2.75) is 70.1 Å². The Morgan fingerprint density at radius 2 is 1.47 bits per heavy atom. The van der Waals surface area contributed by atoms with Gasteiger partial charge in [-0.2, -0.15) is 0 Å². The number of halogens is 1. The van der Waals surface area contributed by atoms with Crippen LogP contribution in [0, 0.1) is 29.6 Å². The Kier molecular flexibility index (Phi) is 3.71. The number of rotatable bonds is 1. The quantitative estimate of drug-likeness (QED) is 0.561. The van der Waals surface area contributed by atoms with Crippen molar-refractivity contribution in [2.24, 2.45) is 29.6 Å². The van der Waals surface area contributed by atoms with Crippen molar-refractivity contribution in [1.29, 1.82) is 0 Å². The summed E-state index contributed by atoms with van der Waals surface area (Å²) in [6.45, 7) is 2.38. The molecule has 6 atom stereocenters.